The van der Waals surface area contributed by atoms with Crippen molar-refractivity contribution in [2.45, 2.75) is 113 Å². The molecule has 3 aliphatic heterocycles. The number of rotatable bonds is 4. The van der Waals surface area contributed by atoms with Crippen LogP contribution < -0.4 is 0 Å². The van der Waals surface area contributed by atoms with Gasteiger partial charge in [-0.2, -0.15) is 13.2 Å². The Labute approximate surface area is 267 Å². The Bertz CT molecular complexity index is 1420. The normalized spacial score (nSPS) is 26.8. The van der Waals surface area contributed by atoms with E-state index in [9.17, 15) is 13.2 Å². The maximum absolute atomic E-state index is 13.6. The van der Waals surface area contributed by atoms with Gasteiger partial charge in [-0.3, -0.25) is 4.98 Å². The number of pyridine rings is 1. The lowest BCUT2D eigenvalue weighted by Crippen LogP contribution is -2.42. The van der Waals surface area contributed by atoms with Crippen LogP contribution in [0.5, 0.6) is 0 Å². The van der Waals surface area contributed by atoms with Crippen molar-refractivity contribution in [3.05, 3.63) is 63.5 Å². The zero-order valence-corrected chi connectivity index (χ0v) is 28.2. The van der Waals surface area contributed by atoms with Crippen molar-refractivity contribution in [1.29, 1.82) is 0 Å². The highest BCUT2D eigenvalue weighted by molar-refractivity contribution is 8.29. The molecule has 2 saturated heterocycles. The topological polar surface area (TPSA) is 49.8 Å². The van der Waals surface area contributed by atoms with Crippen LogP contribution in [0.1, 0.15) is 129 Å². The molecule has 2 atom stereocenters. The molecule has 5 nitrogen and oxygen atoms in total. The van der Waals surface area contributed by atoms with E-state index in [1.54, 1.807) is 12.1 Å². The first-order valence-electron chi connectivity index (χ1n) is 16.7. The van der Waals surface area contributed by atoms with Gasteiger partial charge in [0.15, 0.2) is 0 Å². The SMILES string of the molecule is CC(C)(C)S(C)(C)OC1CC2(CCC2)Cc2nc(C3CCOCC3)c3c(c21)C1(CCOCC1)OC3c1ccc(C(F)(F)F)cc1. The first-order chi connectivity index (χ1) is 21.2. The van der Waals surface area contributed by atoms with Crippen LogP contribution in [-0.4, -0.2) is 48.7 Å². The van der Waals surface area contributed by atoms with Crippen LogP contribution in [0.15, 0.2) is 24.3 Å². The summed E-state index contributed by atoms with van der Waals surface area (Å²) in [4.78, 5) is 5.62. The lowest BCUT2D eigenvalue weighted by atomic mass is 9.58. The molecule has 2 aromatic rings. The standard InChI is InChI=1S/C36H48F3NO4S/c1-33(2,3)45(4,5)44-27-22-34(13-6-14-34)21-26-28(27)30-29(31(40-26)23-11-17-41-18-12-23)32(43-35(30)15-19-42-20-16-35)24-7-9-25(10-8-24)36(37,38)39/h7-10,23,27,32H,6,11-22H2,1-5H3. The maximum atomic E-state index is 13.6. The molecule has 7 rings (SSSR count). The van der Waals surface area contributed by atoms with Gasteiger partial charge in [-0.15, -0.1) is 10.3 Å². The summed E-state index contributed by atoms with van der Waals surface area (Å²) in [6, 6.07) is 5.59. The zero-order valence-electron chi connectivity index (χ0n) is 27.4. The van der Waals surface area contributed by atoms with Crippen LogP contribution in [-0.2, 0) is 36.6 Å². The third-order valence-corrected chi connectivity index (χ3v) is 15.3. The molecule has 248 valence electrons. The second-order valence-electron chi connectivity index (χ2n) is 15.4. The summed E-state index contributed by atoms with van der Waals surface area (Å²) in [6.07, 6.45) is 8.31. The summed E-state index contributed by atoms with van der Waals surface area (Å²) >= 11 is 0. The largest absolute Gasteiger partial charge is 0.416 e. The van der Waals surface area contributed by atoms with Crippen molar-refractivity contribution in [3.8, 4) is 0 Å². The molecule has 45 heavy (non-hydrogen) atoms. The highest BCUT2D eigenvalue weighted by Gasteiger charge is 2.55. The van der Waals surface area contributed by atoms with E-state index in [4.69, 9.17) is 23.4 Å². The minimum absolute atomic E-state index is 0.00828. The number of fused-ring (bicyclic) bond motifs is 4. The summed E-state index contributed by atoms with van der Waals surface area (Å²) in [5, 5.41) is 0. The van der Waals surface area contributed by atoms with Gasteiger partial charge in [0.05, 0.1) is 23.0 Å². The van der Waals surface area contributed by atoms with E-state index in [-0.39, 0.29) is 22.2 Å². The molecule has 0 amide bonds. The van der Waals surface area contributed by atoms with Crippen LogP contribution >= 0.6 is 10.3 Å². The van der Waals surface area contributed by atoms with Gasteiger partial charge in [0, 0.05) is 66.8 Å². The highest BCUT2D eigenvalue weighted by Crippen LogP contribution is 2.65. The smallest absolute Gasteiger partial charge is 0.381 e. The fraction of sp³-hybridized carbons (Fsp3) is 0.694. The predicted octanol–water partition coefficient (Wildman–Crippen LogP) is 9.07. The quantitative estimate of drug-likeness (QED) is 0.332. The molecule has 0 bridgehead atoms. The first-order valence-corrected chi connectivity index (χ1v) is 19.1. The number of benzene rings is 1. The molecule has 2 unspecified atom stereocenters. The van der Waals surface area contributed by atoms with Crippen molar-refractivity contribution in [3.63, 3.8) is 0 Å². The molecular formula is C36H48F3NO4S. The minimum Gasteiger partial charge on any atom is -0.381 e. The lowest BCUT2D eigenvalue weighted by molar-refractivity contribution is -0.137. The average molecular weight is 648 g/mol. The van der Waals surface area contributed by atoms with E-state index in [1.807, 2.05) is 0 Å². The molecule has 9 heteroatoms. The Morgan fingerprint density at radius 3 is 2.11 bits per heavy atom. The third-order valence-electron chi connectivity index (χ3n) is 11.6. The zero-order chi connectivity index (χ0) is 31.8. The number of ether oxygens (including phenoxy) is 3. The van der Waals surface area contributed by atoms with Gasteiger partial charge < -0.3 is 18.4 Å². The van der Waals surface area contributed by atoms with Gasteiger partial charge in [0.1, 0.15) is 6.10 Å². The second kappa shape index (κ2) is 11.2. The second-order valence-corrected chi connectivity index (χ2v) is 19.3. The fourth-order valence-corrected chi connectivity index (χ4v) is 9.23. The Balaban J connectivity index is 1.46. The van der Waals surface area contributed by atoms with Gasteiger partial charge in [-0.05, 0) is 79.7 Å². The summed E-state index contributed by atoms with van der Waals surface area (Å²) in [7, 11) is -1.47. The molecule has 2 spiro atoms. The number of aromatic nitrogens is 1. The van der Waals surface area contributed by atoms with Crippen LogP contribution in [0, 0.1) is 5.41 Å². The molecule has 1 saturated carbocycles. The molecule has 2 aliphatic carbocycles. The number of nitrogens with zero attached hydrogens (tertiary/aromatic N) is 1. The monoisotopic (exact) mass is 647 g/mol. The highest BCUT2D eigenvalue weighted by atomic mass is 32.3. The molecule has 1 aromatic carbocycles. The number of hydrogen-bond donors (Lipinski definition) is 0. The Morgan fingerprint density at radius 1 is 0.889 bits per heavy atom. The van der Waals surface area contributed by atoms with Crippen LogP contribution in [0.25, 0.3) is 0 Å². The lowest BCUT2D eigenvalue weighted by Gasteiger charge is -2.53. The minimum atomic E-state index is -4.40. The van der Waals surface area contributed by atoms with Crippen molar-refractivity contribution >= 4 is 10.3 Å². The molecule has 0 radical (unpaired) electrons. The van der Waals surface area contributed by atoms with Gasteiger partial charge in [-0.25, -0.2) is 0 Å². The molecular weight excluding hydrogens is 599 g/mol. The number of halogens is 3. The van der Waals surface area contributed by atoms with E-state index in [2.05, 4.69) is 33.3 Å². The number of alkyl halides is 3. The Hall–Kier alpha value is -1.65. The summed E-state index contributed by atoms with van der Waals surface area (Å²) < 4.78 is 67.0. The Kier molecular flexibility index (Phi) is 7.96. The fourth-order valence-electron chi connectivity index (χ4n) is 8.19. The summed E-state index contributed by atoms with van der Waals surface area (Å²) in [5.41, 5.74) is 5.44. The van der Waals surface area contributed by atoms with Gasteiger partial charge in [0.2, 0.25) is 0 Å². The number of hydrogen-bond acceptors (Lipinski definition) is 5. The van der Waals surface area contributed by atoms with Gasteiger partial charge >= 0.3 is 6.18 Å². The van der Waals surface area contributed by atoms with Crippen molar-refractivity contribution in [2.24, 2.45) is 5.41 Å². The van der Waals surface area contributed by atoms with Gasteiger partial charge in [-0.1, -0.05) is 39.3 Å². The predicted molar refractivity (Wildman–Crippen MR) is 171 cm³/mol. The summed E-state index contributed by atoms with van der Waals surface area (Å²) in [6.45, 7) is 9.33. The molecule has 0 N–H and O–H groups in total. The van der Waals surface area contributed by atoms with E-state index in [0.717, 1.165) is 48.2 Å². The molecule has 5 aliphatic rings. The van der Waals surface area contributed by atoms with E-state index >= 15 is 0 Å². The molecule has 3 fully saturated rings. The molecule has 1 aromatic heterocycles. The van der Waals surface area contributed by atoms with Crippen molar-refractivity contribution in [2.75, 3.05) is 38.9 Å². The first kappa shape index (κ1) is 31.9. The average Bonchev–Trinajstić information content (AvgIpc) is 3.29. The van der Waals surface area contributed by atoms with Crippen LogP contribution in [0.4, 0.5) is 13.2 Å². The van der Waals surface area contributed by atoms with E-state index in [1.165, 1.54) is 42.5 Å². The van der Waals surface area contributed by atoms with Gasteiger partial charge in [0.25, 0.3) is 0 Å². The maximum Gasteiger partial charge on any atom is 0.416 e. The van der Waals surface area contributed by atoms with Crippen LogP contribution in [0.3, 0.4) is 0 Å². The van der Waals surface area contributed by atoms with E-state index in [0.29, 0.717) is 39.3 Å². The molecule has 4 heterocycles. The van der Waals surface area contributed by atoms with Crippen molar-refractivity contribution in [1.82, 2.24) is 4.98 Å². The summed E-state index contributed by atoms with van der Waals surface area (Å²) in [5.74, 6) is 0.212. The van der Waals surface area contributed by atoms with E-state index < -0.39 is 33.8 Å². The third kappa shape index (κ3) is 5.56. The van der Waals surface area contributed by atoms with Crippen molar-refractivity contribution < 1.29 is 31.6 Å². The van der Waals surface area contributed by atoms with Crippen LogP contribution in [0.2, 0.25) is 0 Å². The Morgan fingerprint density at radius 2 is 1.53 bits per heavy atom.